The summed E-state index contributed by atoms with van der Waals surface area (Å²) in [4.78, 5) is 3.02. The molecule has 2 nitrogen and oxygen atoms in total. The van der Waals surface area contributed by atoms with E-state index in [0.29, 0.717) is 0 Å². The predicted molar refractivity (Wildman–Crippen MR) is 116 cm³/mol. The molecule has 0 radical (unpaired) electrons. The maximum Gasteiger partial charge on any atom is 0.139 e. The molecule has 0 spiro atoms. The Bertz CT molecular complexity index is 899. The van der Waals surface area contributed by atoms with Crippen molar-refractivity contribution in [2.45, 2.75) is 6.04 Å². The van der Waals surface area contributed by atoms with Gasteiger partial charge in [-0.15, -0.1) is 0 Å². The van der Waals surface area contributed by atoms with Crippen LogP contribution in [-0.2, 0) is 0 Å². The molecule has 154 valence electrons. The van der Waals surface area contributed by atoms with Gasteiger partial charge in [-0.1, -0.05) is 36.4 Å². The molecule has 0 saturated carbocycles. The van der Waals surface area contributed by atoms with Gasteiger partial charge in [-0.05, 0) is 60.2 Å². The molecule has 2 N–H and O–H groups in total. The molecule has 0 unspecified atom stereocenters. The van der Waals surface area contributed by atoms with Gasteiger partial charge in [0.15, 0.2) is 0 Å². The number of nitrogens with one attached hydrogen (secondary N) is 2. The standard InChI is InChI=1S/C26H26F2N2/c27-24-12-8-22(9-13-24)26(23-10-14-25(28)15-11-23)30-19-17-29(18-20-30)16-4-7-21-5-2-1-3-6-21/h1-15,26H,16-20H2/p+2/b7-4+. The lowest BCUT2D eigenvalue weighted by atomic mass is 9.96. The lowest BCUT2D eigenvalue weighted by Crippen LogP contribution is -3.28. The zero-order valence-electron chi connectivity index (χ0n) is 17.0. The molecule has 1 saturated heterocycles. The number of rotatable bonds is 6. The Labute approximate surface area is 177 Å². The van der Waals surface area contributed by atoms with Gasteiger partial charge in [0.1, 0.15) is 43.9 Å². The minimum absolute atomic E-state index is 0.0904. The van der Waals surface area contributed by atoms with E-state index in [2.05, 4.69) is 36.4 Å². The summed E-state index contributed by atoms with van der Waals surface area (Å²) < 4.78 is 26.9. The van der Waals surface area contributed by atoms with Gasteiger partial charge in [-0.25, -0.2) is 8.78 Å². The molecule has 1 heterocycles. The van der Waals surface area contributed by atoms with Gasteiger partial charge in [0.05, 0.1) is 6.54 Å². The van der Waals surface area contributed by atoms with Crippen LogP contribution in [0.2, 0.25) is 0 Å². The van der Waals surface area contributed by atoms with Crippen LogP contribution < -0.4 is 9.80 Å². The number of halogens is 2. The highest BCUT2D eigenvalue weighted by molar-refractivity contribution is 5.48. The molecule has 3 aromatic carbocycles. The maximum absolute atomic E-state index is 13.5. The van der Waals surface area contributed by atoms with Gasteiger partial charge >= 0.3 is 0 Å². The van der Waals surface area contributed by atoms with Gasteiger partial charge in [-0.3, -0.25) is 0 Å². The van der Waals surface area contributed by atoms with E-state index in [4.69, 9.17) is 0 Å². The highest BCUT2D eigenvalue weighted by atomic mass is 19.1. The van der Waals surface area contributed by atoms with E-state index in [1.165, 1.54) is 34.7 Å². The fourth-order valence-electron chi connectivity index (χ4n) is 4.32. The second-order valence-electron chi connectivity index (χ2n) is 7.96. The lowest BCUT2D eigenvalue weighted by Gasteiger charge is -2.34. The summed E-state index contributed by atoms with van der Waals surface area (Å²) >= 11 is 0. The van der Waals surface area contributed by atoms with Crippen molar-refractivity contribution in [3.05, 3.63) is 113 Å². The second-order valence-corrected chi connectivity index (χ2v) is 7.96. The second kappa shape index (κ2) is 9.79. The number of piperazine rings is 1. The van der Waals surface area contributed by atoms with E-state index in [1.54, 1.807) is 4.90 Å². The van der Waals surface area contributed by atoms with Gasteiger partial charge < -0.3 is 9.80 Å². The summed E-state index contributed by atoms with van der Waals surface area (Å²) in [6.45, 7) is 5.21. The van der Waals surface area contributed by atoms with E-state index in [1.807, 2.05) is 30.3 Å². The van der Waals surface area contributed by atoms with E-state index in [9.17, 15) is 8.78 Å². The van der Waals surface area contributed by atoms with E-state index in [0.717, 1.165) is 43.9 Å². The van der Waals surface area contributed by atoms with E-state index < -0.39 is 0 Å². The van der Waals surface area contributed by atoms with Crippen molar-refractivity contribution in [1.29, 1.82) is 0 Å². The van der Waals surface area contributed by atoms with Crippen molar-refractivity contribution in [2.24, 2.45) is 0 Å². The van der Waals surface area contributed by atoms with Crippen molar-refractivity contribution < 1.29 is 18.6 Å². The molecule has 4 rings (SSSR count). The molecular formula is C26H28F2N2+2. The molecule has 4 heteroatoms. The first-order chi connectivity index (χ1) is 14.7. The lowest BCUT2D eigenvalue weighted by molar-refractivity contribution is -1.02. The van der Waals surface area contributed by atoms with Crippen LogP contribution in [0.4, 0.5) is 8.78 Å². The molecule has 0 aromatic heterocycles. The average molecular weight is 407 g/mol. The summed E-state index contributed by atoms with van der Waals surface area (Å²) in [5.41, 5.74) is 3.38. The molecule has 30 heavy (non-hydrogen) atoms. The van der Waals surface area contributed by atoms with Crippen molar-refractivity contribution in [3.63, 3.8) is 0 Å². The van der Waals surface area contributed by atoms with Gasteiger partial charge in [-0.2, -0.15) is 0 Å². The third-order valence-corrected chi connectivity index (χ3v) is 5.93. The first-order valence-corrected chi connectivity index (χ1v) is 10.6. The first-order valence-electron chi connectivity index (χ1n) is 10.6. The zero-order chi connectivity index (χ0) is 20.8. The molecule has 3 aromatic rings. The van der Waals surface area contributed by atoms with Crippen LogP contribution in [0.15, 0.2) is 84.9 Å². The summed E-state index contributed by atoms with van der Waals surface area (Å²) in [6, 6.07) is 24.0. The average Bonchev–Trinajstić information content (AvgIpc) is 2.78. The molecule has 1 fully saturated rings. The van der Waals surface area contributed by atoms with Crippen LogP contribution in [0.1, 0.15) is 22.7 Å². The van der Waals surface area contributed by atoms with Crippen LogP contribution in [0.5, 0.6) is 0 Å². The Morgan fingerprint density at radius 2 is 1.23 bits per heavy atom. The molecular weight excluding hydrogens is 378 g/mol. The molecule has 0 atom stereocenters. The minimum Gasteiger partial charge on any atom is -0.322 e. The highest BCUT2D eigenvalue weighted by Crippen LogP contribution is 2.20. The maximum atomic E-state index is 13.5. The first kappa shape index (κ1) is 20.5. The van der Waals surface area contributed by atoms with Crippen LogP contribution in [0.3, 0.4) is 0 Å². The molecule has 1 aliphatic rings. The Kier molecular flexibility index (Phi) is 6.67. The van der Waals surface area contributed by atoms with Crippen molar-refractivity contribution in [2.75, 3.05) is 32.7 Å². The zero-order valence-corrected chi connectivity index (χ0v) is 17.0. The van der Waals surface area contributed by atoms with E-state index in [-0.39, 0.29) is 17.7 Å². The number of hydrogen-bond donors (Lipinski definition) is 2. The minimum atomic E-state index is -0.230. The smallest absolute Gasteiger partial charge is 0.139 e. The van der Waals surface area contributed by atoms with Crippen LogP contribution in [-0.4, -0.2) is 32.7 Å². The van der Waals surface area contributed by atoms with Gasteiger partial charge in [0.25, 0.3) is 0 Å². The van der Waals surface area contributed by atoms with Crippen molar-refractivity contribution >= 4 is 6.08 Å². The van der Waals surface area contributed by atoms with Crippen LogP contribution >= 0.6 is 0 Å². The summed E-state index contributed by atoms with van der Waals surface area (Å²) in [6.07, 6.45) is 4.44. The molecule has 1 aliphatic heterocycles. The molecule has 0 amide bonds. The Morgan fingerprint density at radius 1 is 0.700 bits per heavy atom. The normalized spacial score (nSPS) is 19.4. The van der Waals surface area contributed by atoms with Crippen molar-refractivity contribution in [3.8, 4) is 0 Å². The Balaban J connectivity index is 1.43. The SMILES string of the molecule is Fc1ccc(C(c2ccc(F)cc2)[NH+]2CC[NH+](C/C=C/c3ccccc3)CC2)cc1. The Morgan fingerprint density at radius 3 is 1.77 bits per heavy atom. The number of hydrogen-bond acceptors (Lipinski definition) is 0. The predicted octanol–water partition coefficient (Wildman–Crippen LogP) is 2.55. The quantitative estimate of drug-likeness (QED) is 0.623. The molecule has 0 bridgehead atoms. The third-order valence-electron chi connectivity index (χ3n) is 5.93. The molecule has 0 aliphatic carbocycles. The largest absolute Gasteiger partial charge is 0.322 e. The summed E-state index contributed by atoms with van der Waals surface area (Å²) in [7, 11) is 0. The summed E-state index contributed by atoms with van der Waals surface area (Å²) in [5.74, 6) is -0.461. The Hall–Kier alpha value is -2.82. The van der Waals surface area contributed by atoms with Gasteiger partial charge in [0, 0.05) is 11.1 Å². The third kappa shape index (κ3) is 5.21. The monoisotopic (exact) mass is 406 g/mol. The highest BCUT2D eigenvalue weighted by Gasteiger charge is 2.31. The van der Waals surface area contributed by atoms with Crippen LogP contribution in [0.25, 0.3) is 6.08 Å². The van der Waals surface area contributed by atoms with E-state index >= 15 is 0 Å². The van der Waals surface area contributed by atoms with Crippen LogP contribution in [0, 0.1) is 11.6 Å². The van der Waals surface area contributed by atoms with Gasteiger partial charge in [0.2, 0.25) is 0 Å². The fraction of sp³-hybridized carbons (Fsp3) is 0.231. The number of quaternary nitrogens is 2. The summed E-state index contributed by atoms with van der Waals surface area (Å²) in [5, 5.41) is 0. The topological polar surface area (TPSA) is 8.88 Å². The number of benzene rings is 3. The fourth-order valence-corrected chi connectivity index (χ4v) is 4.32. The van der Waals surface area contributed by atoms with Crippen molar-refractivity contribution in [1.82, 2.24) is 0 Å².